The highest BCUT2D eigenvalue weighted by Gasteiger charge is 2.19. The average Bonchev–Trinajstić information content (AvgIpc) is 3.84. The van der Waals surface area contributed by atoms with Crippen LogP contribution in [0.1, 0.15) is 11.3 Å². The van der Waals surface area contributed by atoms with Gasteiger partial charge >= 0.3 is 0 Å². The molecule has 0 saturated heterocycles. The summed E-state index contributed by atoms with van der Waals surface area (Å²) in [4.78, 5) is 10.4. The van der Waals surface area contributed by atoms with Crippen molar-refractivity contribution < 1.29 is 4.42 Å². The topological polar surface area (TPSA) is 43.9 Å². The van der Waals surface area contributed by atoms with Crippen LogP contribution in [0.5, 0.6) is 0 Å². The standard InChI is InChI=1S/C55H35N3O/c1-2-12-38(13-3-1)55-49(56-47-18-8-9-19-48(47)57-55)32-42-30-41(34-53-54(42)45-17-7-11-21-52(45)59-53)37-24-22-35(23-25-37)36-26-28-43(29-27-36)58-50-20-10-6-16-44(50)46-31-39-14-4-5-15-40(39)33-51(46)58/h1-31,33-34H,32H2. The zero-order valence-corrected chi connectivity index (χ0v) is 32.0. The normalized spacial score (nSPS) is 11.8. The number of hydrogen-bond donors (Lipinski definition) is 0. The molecule has 4 heteroatoms. The lowest BCUT2D eigenvalue weighted by Crippen LogP contribution is -2.01. The monoisotopic (exact) mass is 753 g/mol. The molecule has 0 radical (unpaired) electrons. The van der Waals surface area contributed by atoms with Gasteiger partial charge in [-0.2, -0.15) is 0 Å². The Morgan fingerprint density at radius 1 is 0.407 bits per heavy atom. The first kappa shape index (κ1) is 33.3. The molecule has 0 spiro atoms. The Morgan fingerprint density at radius 2 is 1.02 bits per heavy atom. The Bertz CT molecular complexity index is 3560. The molecule has 0 atom stereocenters. The smallest absolute Gasteiger partial charge is 0.136 e. The number of hydrogen-bond acceptors (Lipinski definition) is 3. The van der Waals surface area contributed by atoms with E-state index in [1.807, 2.05) is 42.5 Å². The summed E-state index contributed by atoms with van der Waals surface area (Å²) in [6.45, 7) is 0. The second-order valence-corrected chi connectivity index (χ2v) is 15.4. The van der Waals surface area contributed by atoms with Crippen molar-refractivity contribution in [1.82, 2.24) is 14.5 Å². The number of furan rings is 1. The fourth-order valence-electron chi connectivity index (χ4n) is 9.00. The van der Waals surface area contributed by atoms with Crippen LogP contribution in [0.3, 0.4) is 0 Å². The van der Waals surface area contributed by atoms with Crippen LogP contribution in [0, 0.1) is 0 Å². The van der Waals surface area contributed by atoms with Crippen molar-refractivity contribution in [1.29, 1.82) is 0 Å². The first-order valence-electron chi connectivity index (χ1n) is 20.1. The summed E-state index contributed by atoms with van der Waals surface area (Å²) in [7, 11) is 0. The van der Waals surface area contributed by atoms with E-state index in [4.69, 9.17) is 14.4 Å². The predicted octanol–water partition coefficient (Wildman–Crippen LogP) is 14.4. The highest BCUT2D eigenvalue weighted by molar-refractivity contribution is 6.13. The van der Waals surface area contributed by atoms with Gasteiger partial charge in [0.15, 0.2) is 0 Å². The molecule has 3 aromatic heterocycles. The van der Waals surface area contributed by atoms with Crippen molar-refractivity contribution in [2.45, 2.75) is 6.42 Å². The summed E-state index contributed by atoms with van der Waals surface area (Å²) >= 11 is 0. The number of rotatable bonds is 6. The maximum atomic E-state index is 6.55. The van der Waals surface area contributed by atoms with E-state index in [0.29, 0.717) is 6.42 Å². The van der Waals surface area contributed by atoms with Crippen LogP contribution in [0.15, 0.2) is 205 Å². The molecule has 0 unspecified atom stereocenters. The molecule has 0 aliphatic rings. The van der Waals surface area contributed by atoms with Crippen molar-refractivity contribution in [2.75, 3.05) is 0 Å². The van der Waals surface area contributed by atoms with E-state index in [0.717, 1.165) is 77.9 Å². The Balaban J connectivity index is 0.927. The molecule has 4 nitrogen and oxygen atoms in total. The molecule has 12 rings (SSSR count). The van der Waals surface area contributed by atoms with E-state index in [2.05, 4.69) is 162 Å². The molecule has 0 bridgehead atoms. The number of aromatic nitrogens is 3. The van der Waals surface area contributed by atoms with Gasteiger partial charge in [0.1, 0.15) is 11.2 Å². The van der Waals surface area contributed by atoms with E-state index in [1.54, 1.807) is 0 Å². The second kappa shape index (κ2) is 13.4. The Morgan fingerprint density at radius 3 is 1.80 bits per heavy atom. The zero-order chi connectivity index (χ0) is 38.9. The lowest BCUT2D eigenvalue weighted by molar-refractivity contribution is 0.669. The summed E-state index contributed by atoms with van der Waals surface area (Å²) in [5.74, 6) is 0. The van der Waals surface area contributed by atoms with Crippen LogP contribution in [0.4, 0.5) is 0 Å². The predicted molar refractivity (Wildman–Crippen MR) is 244 cm³/mol. The summed E-state index contributed by atoms with van der Waals surface area (Å²) in [5.41, 5.74) is 15.7. The van der Waals surface area contributed by atoms with E-state index in [1.165, 1.54) is 38.1 Å². The van der Waals surface area contributed by atoms with Crippen molar-refractivity contribution >= 4 is 65.6 Å². The number of para-hydroxylation sites is 4. The maximum Gasteiger partial charge on any atom is 0.136 e. The van der Waals surface area contributed by atoms with Gasteiger partial charge in [0.25, 0.3) is 0 Å². The van der Waals surface area contributed by atoms with Gasteiger partial charge in [0, 0.05) is 39.2 Å². The lowest BCUT2D eigenvalue weighted by atomic mass is 9.94. The van der Waals surface area contributed by atoms with Gasteiger partial charge in [-0.15, -0.1) is 0 Å². The molecule has 3 heterocycles. The Labute approximate surface area is 340 Å². The maximum absolute atomic E-state index is 6.55. The molecule has 0 fully saturated rings. The van der Waals surface area contributed by atoms with Crippen LogP contribution in [-0.4, -0.2) is 14.5 Å². The molecule has 0 aliphatic heterocycles. The molecule has 0 N–H and O–H groups in total. The van der Waals surface area contributed by atoms with Crippen LogP contribution in [0.25, 0.3) is 105 Å². The average molecular weight is 754 g/mol. The number of nitrogens with zero attached hydrogens (tertiary/aromatic N) is 3. The van der Waals surface area contributed by atoms with Gasteiger partial charge in [0.05, 0.1) is 33.5 Å². The molecule has 9 aromatic carbocycles. The fraction of sp³-hybridized carbons (Fsp3) is 0.0182. The zero-order valence-electron chi connectivity index (χ0n) is 32.0. The molecular formula is C55H35N3O. The number of fused-ring (bicyclic) bond motifs is 8. The van der Waals surface area contributed by atoms with Crippen LogP contribution in [-0.2, 0) is 6.42 Å². The first-order valence-corrected chi connectivity index (χ1v) is 20.1. The van der Waals surface area contributed by atoms with Crippen molar-refractivity contribution in [3.63, 3.8) is 0 Å². The van der Waals surface area contributed by atoms with Crippen LogP contribution >= 0.6 is 0 Å². The minimum absolute atomic E-state index is 0.600. The molecule has 276 valence electrons. The lowest BCUT2D eigenvalue weighted by Gasteiger charge is -2.13. The minimum atomic E-state index is 0.600. The Kier molecular flexibility index (Phi) is 7.57. The SMILES string of the molecule is c1ccc(-c2nc3ccccc3nc2Cc2cc(-c3ccc(-c4ccc(-n5c6ccccc6c6cc7ccccc7cc65)cc4)cc3)cc3oc4ccccc4c23)cc1. The third-order valence-electron chi connectivity index (χ3n) is 11.8. The molecule has 0 amide bonds. The van der Waals surface area contributed by atoms with E-state index >= 15 is 0 Å². The third-order valence-corrected chi connectivity index (χ3v) is 11.8. The number of benzene rings is 9. The van der Waals surface area contributed by atoms with E-state index in [-0.39, 0.29) is 0 Å². The molecular weight excluding hydrogens is 719 g/mol. The first-order chi connectivity index (χ1) is 29.2. The molecule has 59 heavy (non-hydrogen) atoms. The summed E-state index contributed by atoms with van der Waals surface area (Å²) < 4.78 is 8.94. The molecule has 0 saturated carbocycles. The highest BCUT2D eigenvalue weighted by Crippen LogP contribution is 2.39. The van der Waals surface area contributed by atoms with Gasteiger partial charge in [-0.3, -0.25) is 0 Å². The van der Waals surface area contributed by atoms with Crippen LogP contribution in [0.2, 0.25) is 0 Å². The van der Waals surface area contributed by atoms with Crippen LogP contribution < -0.4 is 0 Å². The van der Waals surface area contributed by atoms with Gasteiger partial charge in [-0.05, 0) is 99.3 Å². The van der Waals surface area contributed by atoms with Gasteiger partial charge in [-0.25, -0.2) is 9.97 Å². The van der Waals surface area contributed by atoms with Crippen molar-refractivity contribution in [3.05, 3.63) is 211 Å². The molecule has 12 aromatic rings. The summed E-state index contributed by atoms with van der Waals surface area (Å²) in [5, 5.41) is 7.25. The fourth-order valence-corrected chi connectivity index (χ4v) is 9.00. The summed E-state index contributed by atoms with van der Waals surface area (Å²) in [6.07, 6.45) is 0.600. The van der Waals surface area contributed by atoms with Gasteiger partial charge in [-0.1, -0.05) is 140 Å². The largest absolute Gasteiger partial charge is 0.456 e. The minimum Gasteiger partial charge on any atom is -0.456 e. The van der Waals surface area contributed by atoms with Gasteiger partial charge < -0.3 is 8.98 Å². The van der Waals surface area contributed by atoms with E-state index in [9.17, 15) is 0 Å². The highest BCUT2D eigenvalue weighted by atomic mass is 16.3. The Hall–Kier alpha value is -7.82. The van der Waals surface area contributed by atoms with Gasteiger partial charge in [0.2, 0.25) is 0 Å². The van der Waals surface area contributed by atoms with Crippen molar-refractivity contribution in [2.24, 2.45) is 0 Å². The quantitative estimate of drug-likeness (QED) is 0.170. The molecule has 0 aliphatic carbocycles. The summed E-state index contributed by atoms with van der Waals surface area (Å²) in [6, 6.07) is 71.1. The van der Waals surface area contributed by atoms with E-state index < -0.39 is 0 Å². The third kappa shape index (κ3) is 5.60. The second-order valence-electron chi connectivity index (χ2n) is 15.4. The van der Waals surface area contributed by atoms with Crippen molar-refractivity contribution in [3.8, 4) is 39.2 Å².